The molecule has 32 heavy (non-hydrogen) atoms. The average Bonchev–Trinajstić information content (AvgIpc) is 2.84. The quantitative estimate of drug-likeness (QED) is 0.199. The number of hydrogen-bond acceptors (Lipinski definition) is 4. The molecule has 0 bridgehead atoms. The molecule has 0 heterocycles. The molecule has 4 nitrogen and oxygen atoms in total. The lowest BCUT2D eigenvalue weighted by Crippen LogP contribution is -2.24. The highest BCUT2D eigenvalue weighted by Gasteiger charge is 2.02. The Balaban J connectivity index is 1.24. The maximum Gasteiger partial charge on any atom is 0.0340 e. The van der Waals surface area contributed by atoms with E-state index in [2.05, 4.69) is 88.9 Å². The van der Waals surface area contributed by atoms with Crippen molar-refractivity contribution in [2.45, 2.75) is 64.3 Å². The maximum absolute atomic E-state index is 3.61. The minimum Gasteiger partial charge on any atom is -0.385 e. The molecule has 1 unspecified atom stereocenters. The van der Waals surface area contributed by atoms with E-state index in [-0.39, 0.29) is 0 Å². The van der Waals surface area contributed by atoms with Crippen LogP contribution in [-0.4, -0.2) is 39.3 Å². The molecule has 0 saturated carbocycles. The molecule has 0 radical (unpaired) electrons. The second-order valence-corrected chi connectivity index (χ2v) is 8.71. The second-order valence-electron chi connectivity index (χ2n) is 8.71. The number of para-hydroxylation sites is 1. The van der Waals surface area contributed by atoms with Crippen molar-refractivity contribution in [1.82, 2.24) is 16.0 Å². The van der Waals surface area contributed by atoms with Gasteiger partial charge in [-0.2, -0.15) is 0 Å². The first kappa shape index (κ1) is 26.4. The molecular weight excluding hydrogens is 392 g/mol. The van der Waals surface area contributed by atoms with Crippen molar-refractivity contribution in [3.05, 3.63) is 66.2 Å². The summed E-state index contributed by atoms with van der Waals surface area (Å²) in [6.07, 6.45) is 10.4. The monoisotopic (exact) mass is 438 g/mol. The van der Waals surface area contributed by atoms with E-state index < -0.39 is 0 Å². The Morgan fingerprint density at radius 2 is 1.03 bits per heavy atom. The Morgan fingerprint density at radius 1 is 0.531 bits per heavy atom. The molecule has 178 valence electrons. The molecule has 0 saturated heterocycles. The Kier molecular flexibility index (Phi) is 15.4. The van der Waals surface area contributed by atoms with Crippen LogP contribution >= 0.6 is 0 Å². The molecule has 4 N–H and O–H groups in total. The molecule has 1 atom stereocenters. The van der Waals surface area contributed by atoms with Gasteiger partial charge in [0.1, 0.15) is 0 Å². The first-order chi connectivity index (χ1) is 15.9. The summed E-state index contributed by atoms with van der Waals surface area (Å²) in [6, 6.07) is 21.6. The summed E-state index contributed by atoms with van der Waals surface area (Å²) in [5.74, 6) is 0. The summed E-state index contributed by atoms with van der Waals surface area (Å²) >= 11 is 0. The van der Waals surface area contributed by atoms with Gasteiger partial charge in [0.15, 0.2) is 0 Å². The number of anilines is 1. The molecule has 0 aliphatic heterocycles. The van der Waals surface area contributed by atoms with E-state index in [1.54, 1.807) is 0 Å². The second kappa shape index (κ2) is 18.7. The smallest absolute Gasteiger partial charge is 0.0340 e. The zero-order valence-electron chi connectivity index (χ0n) is 20.3. The third kappa shape index (κ3) is 13.5. The Labute approximate surface area is 197 Å². The SMILES string of the molecule is CC(NCCCNCCCCCCCCNCCCNc1ccccc1)c1ccccc1. The fourth-order valence-corrected chi connectivity index (χ4v) is 3.85. The molecule has 2 aromatic rings. The van der Waals surface area contributed by atoms with E-state index in [1.165, 1.54) is 62.6 Å². The zero-order valence-corrected chi connectivity index (χ0v) is 20.3. The number of benzene rings is 2. The van der Waals surface area contributed by atoms with Gasteiger partial charge in [0.25, 0.3) is 0 Å². The van der Waals surface area contributed by atoms with Gasteiger partial charge in [-0.05, 0) is 83.0 Å². The van der Waals surface area contributed by atoms with Crippen LogP contribution in [0.5, 0.6) is 0 Å². The standard InChI is InChI=1S/C28H46N4/c1-26(27-16-8-6-9-17-27)31-24-14-22-29-20-12-4-2-3-5-13-21-30-23-15-25-32-28-18-10-7-11-19-28/h6-11,16-19,26,29-32H,2-5,12-15,20-25H2,1H3. The fraction of sp³-hybridized carbons (Fsp3) is 0.571. The largest absolute Gasteiger partial charge is 0.385 e. The van der Waals surface area contributed by atoms with Gasteiger partial charge >= 0.3 is 0 Å². The van der Waals surface area contributed by atoms with Crippen LogP contribution in [0.3, 0.4) is 0 Å². The summed E-state index contributed by atoms with van der Waals surface area (Å²) < 4.78 is 0. The summed E-state index contributed by atoms with van der Waals surface area (Å²) in [6.45, 7) is 8.88. The van der Waals surface area contributed by atoms with Gasteiger partial charge in [-0.1, -0.05) is 74.2 Å². The lowest BCUT2D eigenvalue weighted by Gasteiger charge is -2.14. The van der Waals surface area contributed by atoms with Crippen LogP contribution in [0, 0.1) is 0 Å². The van der Waals surface area contributed by atoms with E-state index in [4.69, 9.17) is 0 Å². The molecule has 2 aromatic carbocycles. The van der Waals surface area contributed by atoms with Gasteiger partial charge in [-0.3, -0.25) is 0 Å². The highest BCUT2D eigenvalue weighted by Crippen LogP contribution is 2.10. The first-order valence-electron chi connectivity index (χ1n) is 12.8. The van der Waals surface area contributed by atoms with Crippen molar-refractivity contribution < 1.29 is 0 Å². The van der Waals surface area contributed by atoms with Crippen molar-refractivity contribution >= 4 is 5.69 Å². The molecule has 0 aliphatic rings. The van der Waals surface area contributed by atoms with Crippen LogP contribution in [0.15, 0.2) is 60.7 Å². The minimum absolute atomic E-state index is 0.433. The zero-order chi connectivity index (χ0) is 22.5. The minimum atomic E-state index is 0.433. The third-order valence-electron chi connectivity index (χ3n) is 5.87. The highest BCUT2D eigenvalue weighted by atomic mass is 14.9. The van der Waals surface area contributed by atoms with Gasteiger partial charge < -0.3 is 21.3 Å². The Morgan fingerprint density at radius 3 is 1.66 bits per heavy atom. The third-order valence-corrected chi connectivity index (χ3v) is 5.87. The topological polar surface area (TPSA) is 48.1 Å². The van der Waals surface area contributed by atoms with E-state index in [9.17, 15) is 0 Å². The van der Waals surface area contributed by atoms with Crippen molar-refractivity contribution in [2.24, 2.45) is 0 Å². The molecule has 2 rings (SSSR count). The van der Waals surface area contributed by atoms with Crippen molar-refractivity contribution in [3.63, 3.8) is 0 Å². The molecule has 0 aromatic heterocycles. The molecule has 0 amide bonds. The van der Waals surface area contributed by atoms with E-state index in [0.29, 0.717) is 6.04 Å². The first-order valence-corrected chi connectivity index (χ1v) is 12.8. The van der Waals surface area contributed by atoms with Crippen LogP contribution in [-0.2, 0) is 0 Å². The van der Waals surface area contributed by atoms with Gasteiger partial charge in [0.2, 0.25) is 0 Å². The van der Waals surface area contributed by atoms with Gasteiger partial charge in [-0.25, -0.2) is 0 Å². The molecular formula is C28H46N4. The van der Waals surface area contributed by atoms with Crippen molar-refractivity contribution in [1.29, 1.82) is 0 Å². The molecule has 0 spiro atoms. The summed E-state index contributed by atoms with van der Waals surface area (Å²) in [5, 5.41) is 14.2. The molecule has 0 fully saturated rings. The van der Waals surface area contributed by atoms with Crippen LogP contribution in [0.25, 0.3) is 0 Å². The van der Waals surface area contributed by atoms with Crippen LogP contribution in [0.1, 0.15) is 69.9 Å². The number of unbranched alkanes of at least 4 members (excludes halogenated alkanes) is 5. The Bertz CT molecular complexity index is 647. The number of rotatable bonds is 20. The summed E-state index contributed by atoms with van der Waals surface area (Å²) in [7, 11) is 0. The molecule has 4 heteroatoms. The van der Waals surface area contributed by atoms with Crippen LogP contribution in [0.4, 0.5) is 5.69 Å². The number of hydrogen-bond donors (Lipinski definition) is 4. The summed E-state index contributed by atoms with van der Waals surface area (Å²) in [4.78, 5) is 0. The lowest BCUT2D eigenvalue weighted by atomic mass is 10.1. The van der Waals surface area contributed by atoms with E-state index >= 15 is 0 Å². The average molecular weight is 439 g/mol. The van der Waals surface area contributed by atoms with Gasteiger partial charge in [0, 0.05) is 18.3 Å². The van der Waals surface area contributed by atoms with Gasteiger partial charge in [0.05, 0.1) is 0 Å². The normalized spacial score (nSPS) is 12.0. The lowest BCUT2D eigenvalue weighted by molar-refractivity contribution is 0.522. The predicted octanol–water partition coefficient (Wildman–Crippen LogP) is 5.75. The van der Waals surface area contributed by atoms with Crippen LogP contribution in [0.2, 0.25) is 0 Å². The van der Waals surface area contributed by atoms with E-state index in [0.717, 1.165) is 39.3 Å². The predicted molar refractivity (Wildman–Crippen MR) is 140 cm³/mol. The maximum atomic E-state index is 3.61. The van der Waals surface area contributed by atoms with Crippen LogP contribution < -0.4 is 21.3 Å². The highest BCUT2D eigenvalue weighted by molar-refractivity contribution is 5.42. The number of nitrogens with one attached hydrogen (secondary N) is 4. The molecule has 0 aliphatic carbocycles. The van der Waals surface area contributed by atoms with Crippen molar-refractivity contribution in [3.8, 4) is 0 Å². The van der Waals surface area contributed by atoms with Gasteiger partial charge in [-0.15, -0.1) is 0 Å². The van der Waals surface area contributed by atoms with Crippen molar-refractivity contribution in [2.75, 3.05) is 44.6 Å². The summed E-state index contributed by atoms with van der Waals surface area (Å²) in [5.41, 5.74) is 2.58. The van der Waals surface area contributed by atoms with E-state index in [1.807, 2.05) is 0 Å². The fourth-order valence-electron chi connectivity index (χ4n) is 3.85. The Hall–Kier alpha value is -1.88.